The zero-order valence-corrected chi connectivity index (χ0v) is 18.6. The summed E-state index contributed by atoms with van der Waals surface area (Å²) in [5.41, 5.74) is 3.99. The molecule has 3 rings (SSSR count). The van der Waals surface area contributed by atoms with Gasteiger partial charge in [-0.1, -0.05) is 41.9 Å². The van der Waals surface area contributed by atoms with Crippen LogP contribution < -0.4 is 10.0 Å². The van der Waals surface area contributed by atoms with E-state index in [1.807, 2.05) is 38.1 Å². The van der Waals surface area contributed by atoms with E-state index in [1.54, 1.807) is 37.3 Å². The summed E-state index contributed by atoms with van der Waals surface area (Å²) in [7, 11) is -3.86. The minimum atomic E-state index is -3.86. The molecule has 30 heavy (non-hydrogen) atoms. The summed E-state index contributed by atoms with van der Waals surface area (Å²) in [5, 5.41) is 3.34. The average Bonchev–Trinajstić information content (AvgIpc) is 2.66. The lowest BCUT2D eigenvalue weighted by atomic mass is 10.1. The van der Waals surface area contributed by atoms with Crippen LogP contribution in [0.5, 0.6) is 0 Å². The molecule has 3 aromatic rings. The van der Waals surface area contributed by atoms with Gasteiger partial charge >= 0.3 is 0 Å². The quantitative estimate of drug-likeness (QED) is 0.564. The molecule has 0 unspecified atom stereocenters. The van der Waals surface area contributed by atoms with Crippen LogP contribution in [0.4, 0.5) is 5.69 Å². The third-order valence-electron chi connectivity index (χ3n) is 4.61. The summed E-state index contributed by atoms with van der Waals surface area (Å²) < 4.78 is 28.6. The Morgan fingerprint density at radius 3 is 2.27 bits per heavy atom. The van der Waals surface area contributed by atoms with E-state index in [-0.39, 0.29) is 22.9 Å². The van der Waals surface area contributed by atoms with Crippen molar-refractivity contribution in [3.8, 4) is 0 Å². The van der Waals surface area contributed by atoms with Gasteiger partial charge in [-0.15, -0.1) is 0 Å². The van der Waals surface area contributed by atoms with E-state index in [2.05, 4.69) is 10.0 Å². The van der Waals surface area contributed by atoms with E-state index in [1.165, 1.54) is 6.07 Å². The van der Waals surface area contributed by atoms with Gasteiger partial charge in [0.15, 0.2) is 0 Å². The van der Waals surface area contributed by atoms with Crippen molar-refractivity contribution in [1.82, 2.24) is 5.32 Å². The Morgan fingerprint density at radius 1 is 0.933 bits per heavy atom. The molecule has 1 amide bonds. The van der Waals surface area contributed by atoms with Gasteiger partial charge in [0, 0.05) is 22.8 Å². The van der Waals surface area contributed by atoms with E-state index in [9.17, 15) is 13.2 Å². The van der Waals surface area contributed by atoms with Crippen LogP contribution in [0.3, 0.4) is 0 Å². The SMILES string of the molecule is Cc1cc(C)cc(NS(=O)(=O)c2cc(C(=O)NCc3ccccc3Cl)ccc2C)c1. The molecule has 0 aliphatic heterocycles. The number of nitrogens with one attached hydrogen (secondary N) is 2. The van der Waals surface area contributed by atoms with E-state index < -0.39 is 10.0 Å². The molecule has 0 aromatic heterocycles. The number of benzene rings is 3. The molecule has 7 heteroatoms. The number of carbonyl (C=O) groups is 1. The zero-order chi connectivity index (χ0) is 21.9. The lowest BCUT2D eigenvalue weighted by molar-refractivity contribution is 0.0950. The van der Waals surface area contributed by atoms with Crippen molar-refractivity contribution in [2.45, 2.75) is 32.2 Å². The second kappa shape index (κ2) is 8.90. The van der Waals surface area contributed by atoms with Gasteiger partial charge in [-0.3, -0.25) is 9.52 Å². The van der Waals surface area contributed by atoms with E-state index in [0.717, 1.165) is 16.7 Å². The first kappa shape index (κ1) is 21.9. The Kier molecular flexibility index (Phi) is 6.48. The molecule has 0 spiro atoms. The van der Waals surface area contributed by atoms with Gasteiger partial charge in [-0.2, -0.15) is 0 Å². The molecule has 5 nitrogen and oxygen atoms in total. The number of carbonyl (C=O) groups excluding carboxylic acids is 1. The van der Waals surface area contributed by atoms with Crippen LogP contribution in [-0.2, 0) is 16.6 Å². The molecule has 156 valence electrons. The summed E-state index contributed by atoms with van der Waals surface area (Å²) in [5.74, 6) is -0.377. The summed E-state index contributed by atoms with van der Waals surface area (Å²) in [6, 6.07) is 17.3. The van der Waals surface area contributed by atoms with Gasteiger partial charge in [0.1, 0.15) is 0 Å². The van der Waals surface area contributed by atoms with Gasteiger partial charge in [-0.05, 0) is 73.4 Å². The number of aryl methyl sites for hydroxylation is 3. The van der Waals surface area contributed by atoms with Crippen LogP contribution in [-0.4, -0.2) is 14.3 Å². The van der Waals surface area contributed by atoms with Crippen LogP contribution >= 0.6 is 11.6 Å². The van der Waals surface area contributed by atoms with Crippen molar-refractivity contribution in [2.75, 3.05) is 4.72 Å². The Labute approximate surface area is 182 Å². The predicted molar refractivity (Wildman–Crippen MR) is 121 cm³/mol. The zero-order valence-electron chi connectivity index (χ0n) is 17.0. The van der Waals surface area contributed by atoms with Gasteiger partial charge in [-0.25, -0.2) is 8.42 Å². The third kappa shape index (κ3) is 5.20. The minimum Gasteiger partial charge on any atom is -0.348 e. The van der Waals surface area contributed by atoms with Crippen LogP contribution in [0.2, 0.25) is 5.02 Å². The molecular formula is C23H23ClN2O3S. The standard InChI is InChI=1S/C23H23ClN2O3S/c1-15-10-16(2)12-20(11-15)26-30(28,29)22-13-18(9-8-17(22)3)23(27)25-14-19-6-4-5-7-21(19)24/h4-13,26H,14H2,1-3H3,(H,25,27). The van der Waals surface area contributed by atoms with E-state index in [0.29, 0.717) is 16.3 Å². The maximum atomic E-state index is 13.0. The molecule has 0 saturated carbocycles. The Hall–Kier alpha value is -2.83. The van der Waals surface area contributed by atoms with Crippen molar-refractivity contribution in [3.63, 3.8) is 0 Å². The normalized spacial score (nSPS) is 11.2. The number of hydrogen-bond acceptors (Lipinski definition) is 3. The van der Waals surface area contributed by atoms with E-state index in [4.69, 9.17) is 11.6 Å². The fourth-order valence-electron chi connectivity index (χ4n) is 3.19. The van der Waals surface area contributed by atoms with Crippen LogP contribution in [0, 0.1) is 20.8 Å². The lowest BCUT2D eigenvalue weighted by Gasteiger charge is -2.13. The first-order valence-corrected chi connectivity index (χ1v) is 11.3. The van der Waals surface area contributed by atoms with Gasteiger partial charge in [0.2, 0.25) is 0 Å². The molecule has 2 N–H and O–H groups in total. The highest BCUT2D eigenvalue weighted by atomic mass is 35.5. The first-order chi connectivity index (χ1) is 14.2. The maximum absolute atomic E-state index is 13.0. The molecule has 0 aliphatic carbocycles. The lowest BCUT2D eigenvalue weighted by Crippen LogP contribution is -2.24. The topological polar surface area (TPSA) is 75.3 Å². The van der Waals surface area contributed by atoms with Crippen molar-refractivity contribution in [3.05, 3.63) is 93.5 Å². The largest absolute Gasteiger partial charge is 0.348 e. The summed E-state index contributed by atoms with van der Waals surface area (Å²) in [6.07, 6.45) is 0. The molecule has 0 heterocycles. The second-order valence-corrected chi connectivity index (χ2v) is 9.29. The highest BCUT2D eigenvalue weighted by Gasteiger charge is 2.20. The Bertz CT molecular complexity index is 1190. The molecule has 0 saturated heterocycles. The van der Waals surface area contributed by atoms with Gasteiger partial charge in [0.05, 0.1) is 4.90 Å². The van der Waals surface area contributed by atoms with Gasteiger partial charge in [0.25, 0.3) is 15.9 Å². The fourth-order valence-corrected chi connectivity index (χ4v) is 4.71. The molecule has 0 bridgehead atoms. The minimum absolute atomic E-state index is 0.0621. The number of sulfonamides is 1. The van der Waals surface area contributed by atoms with Crippen molar-refractivity contribution >= 4 is 33.2 Å². The van der Waals surface area contributed by atoms with Crippen molar-refractivity contribution in [1.29, 1.82) is 0 Å². The first-order valence-electron chi connectivity index (χ1n) is 9.39. The number of rotatable bonds is 6. The highest BCUT2D eigenvalue weighted by molar-refractivity contribution is 7.92. The number of anilines is 1. The van der Waals surface area contributed by atoms with Crippen molar-refractivity contribution in [2.24, 2.45) is 0 Å². The molecular weight excluding hydrogens is 420 g/mol. The van der Waals surface area contributed by atoms with Crippen LogP contribution in [0.1, 0.15) is 32.6 Å². The average molecular weight is 443 g/mol. The molecule has 0 radical (unpaired) electrons. The molecule has 0 atom stereocenters. The Morgan fingerprint density at radius 2 is 1.60 bits per heavy atom. The number of hydrogen-bond donors (Lipinski definition) is 2. The van der Waals surface area contributed by atoms with Crippen molar-refractivity contribution < 1.29 is 13.2 Å². The highest BCUT2D eigenvalue weighted by Crippen LogP contribution is 2.23. The molecule has 0 aliphatic rings. The fraction of sp³-hybridized carbons (Fsp3) is 0.174. The summed E-state index contributed by atoms with van der Waals surface area (Å²) in [4.78, 5) is 12.7. The van der Waals surface area contributed by atoms with Crippen LogP contribution in [0.15, 0.2) is 65.6 Å². The van der Waals surface area contributed by atoms with Gasteiger partial charge < -0.3 is 5.32 Å². The van der Waals surface area contributed by atoms with E-state index >= 15 is 0 Å². The molecule has 3 aromatic carbocycles. The smallest absolute Gasteiger partial charge is 0.262 e. The Balaban J connectivity index is 1.83. The number of amides is 1. The summed E-state index contributed by atoms with van der Waals surface area (Å²) >= 11 is 6.12. The number of halogens is 1. The third-order valence-corrected chi connectivity index (χ3v) is 6.50. The predicted octanol–water partition coefficient (Wildman–Crippen LogP) is 5.00. The maximum Gasteiger partial charge on any atom is 0.262 e. The molecule has 0 fully saturated rings. The summed E-state index contributed by atoms with van der Waals surface area (Å²) in [6.45, 7) is 5.75. The van der Waals surface area contributed by atoms with Crippen LogP contribution in [0.25, 0.3) is 0 Å². The monoisotopic (exact) mass is 442 g/mol. The second-order valence-electron chi connectivity index (χ2n) is 7.24.